The van der Waals surface area contributed by atoms with Crippen molar-refractivity contribution in [3.05, 3.63) is 34.9 Å². The molecule has 0 unspecified atom stereocenters. The Kier molecular flexibility index (Phi) is 4.08. The molecule has 2 rings (SSSR count). The Morgan fingerprint density at radius 1 is 1.47 bits per heavy atom. The molecule has 1 aromatic carbocycles. The van der Waals surface area contributed by atoms with E-state index in [1.165, 1.54) is 6.42 Å². The van der Waals surface area contributed by atoms with Crippen molar-refractivity contribution in [1.29, 1.82) is 0 Å². The van der Waals surface area contributed by atoms with Crippen LogP contribution in [0, 0.1) is 0 Å². The maximum absolute atomic E-state index is 10.4. The third-order valence-electron chi connectivity index (χ3n) is 3.88. The number of rotatable bonds is 3. The van der Waals surface area contributed by atoms with Crippen LogP contribution in [0.5, 0.6) is 0 Å². The highest BCUT2D eigenvalue weighted by Gasteiger charge is 2.40. The molecule has 0 saturated heterocycles. The third kappa shape index (κ3) is 2.49. The van der Waals surface area contributed by atoms with E-state index in [-0.39, 0.29) is 11.5 Å². The monoisotopic (exact) mass is 253 g/mol. The summed E-state index contributed by atoms with van der Waals surface area (Å²) in [6.45, 7) is 0.800. The fourth-order valence-corrected chi connectivity index (χ4v) is 3.17. The lowest BCUT2D eigenvalue weighted by atomic mass is 9.67. The summed E-state index contributed by atoms with van der Waals surface area (Å²) in [6, 6.07) is 7.93. The first-order valence-corrected chi connectivity index (χ1v) is 6.65. The van der Waals surface area contributed by atoms with Crippen molar-refractivity contribution in [3.63, 3.8) is 0 Å². The zero-order valence-electron chi connectivity index (χ0n) is 10.2. The molecule has 0 bridgehead atoms. The van der Waals surface area contributed by atoms with Gasteiger partial charge in [-0.15, -0.1) is 0 Å². The SMILES string of the molecule is CNC[C@]1(c2cccc(Cl)c2)CCCC[C@H]1O. The highest BCUT2D eigenvalue weighted by molar-refractivity contribution is 6.30. The highest BCUT2D eigenvalue weighted by atomic mass is 35.5. The van der Waals surface area contributed by atoms with Crippen LogP contribution in [0.4, 0.5) is 0 Å². The van der Waals surface area contributed by atoms with Gasteiger partial charge in [-0.1, -0.05) is 36.6 Å². The summed E-state index contributed by atoms with van der Waals surface area (Å²) >= 11 is 6.07. The van der Waals surface area contributed by atoms with Gasteiger partial charge in [-0.05, 0) is 37.6 Å². The minimum atomic E-state index is -0.276. The number of aliphatic hydroxyl groups is 1. The zero-order chi connectivity index (χ0) is 12.3. The van der Waals surface area contributed by atoms with Crippen molar-refractivity contribution >= 4 is 11.6 Å². The van der Waals surface area contributed by atoms with E-state index in [4.69, 9.17) is 11.6 Å². The fourth-order valence-electron chi connectivity index (χ4n) is 2.98. The van der Waals surface area contributed by atoms with Gasteiger partial charge in [0.25, 0.3) is 0 Å². The summed E-state index contributed by atoms with van der Waals surface area (Å²) in [6.07, 6.45) is 3.92. The van der Waals surface area contributed by atoms with Crippen LogP contribution in [0.1, 0.15) is 31.2 Å². The predicted molar refractivity (Wildman–Crippen MR) is 71.5 cm³/mol. The molecule has 2 atom stereocenters. The van der Waals surface area contributed by atoms with Crippen LogP contribution in [0.2, 0.25) is 5.02 Å². The third-order valence-corrected chi connectivity index (χ3v) is 4.12. The Bertz CT molecular complexity index is 378. The fraction of sp³-hybridized carbons (Fsp3) is 0.571. The van der Waals surface area contributed by atoms with Crippen molar-refractivity contribution in [2.45, 2.75) is 37.2 Å². The quantitative estimate of drug-likeness (QED) is 0.868. The van der Waals surface area contributed by atoms with Gasteiger partial charge in [-0.25, -0.2) is 0 Å². The summed E-state index contributed by atoms with van der Waals surface area (Å²) in [4.78, 5) is 0. The topological polar surface area (TPSA) is 32.3 Å². The van der Waals surface area contributed by atoms with Crippen LogP contribution in [-0.4, -0.2) is 24.8 Å². The van der Waals surface area contributed by atoms with E-state index >= 15 is 0 Å². The molecule has 1 fully saturated rings. The molecule has 2 N–H and O–H groups in total. The normalized spacial score (nSPS) is 29.2. The zero-order valence-corrected chi connectivity index (χ0v) is 11.0. The van der Waals surface area contributed by atoms with E-state index in [0.29, 0.717) is 0 Å². The van der Waals surface area contributed by atoms with Gasteiger partial charge in [0.2, 0.25) is 0 Å². The maximum Gasteiger partial charge on any atom is 0.0649 e. The molecule has 1 aliphatic carbocycles. The Morgan fingerprint density at radius 3 is 2.94 bits per heavy atom. The van der Waals surface area contributed by atoms with Gasteiger partial charge < -0.3 is 10.4 Å². The number of likely N-dealkylation sites (N-methyl/N-ethyl adjacent to an activating group) is 1. The maximum atomic E-state index is 10.4. The molecule has 0 amide bonds. The van der Waals surface area contributed by atoms with Crippen molar-refractivity contribution in [1.82, 2.24) is 5.32 Å². The molecule has 94 valence electrons. The van der Waals surface area contributed by atoms with E-state index in [1.807, 2.05) is 25.2 Å². The van der Waals surface area contributed by atoms with E-state index in [0.717, 1.165) is 36.4 Å². The van der Waals surface area contributed by atoms with Crippen molar-refractivity contribution in [2.75, 3.05) is 13.6 Å². The van der Waals surface area contributed by atoms with Gasteiger partial charge in [0.1, 0.15) is 0 Å². The second kappa shape index (κ2) is 5.38. The van der Waals surface area contributed by atoms with Crippen molar-refractivity contribution in [2.24, 2.45) is 0 Å². The lowest BCUT2D eigenvalue weighted by Crippen LogP contribution is -2.48. The van der Waals surface area contributed by atoms with E-state index in [9.17, 15) is 5.11 Å². The second-order valence-electron chi connectivity index (χ2n) is 4.96. The molecule has 2 nitrogen and oxygen atoms in total. The molecule has 0 heterocycles. The molecule has 0 aliphatic heterocycles. The van der Waals surface area contributed by atoms with Gasteiger partial charge in [-0.2, -0.15) is 0 Å². The van der Waals surface area contributed by atoms with E-state index < -0.39 is 0 Å². The molecule has 0 aromatic heterocycles. The Labute approximate surface area is 108 Å². The summed E-state index contributed by atoms with van der Waals surface area (Å²) in [5.74, 6) is 0. The molecule has 0 radical (unpaired) electrons. The first-order valence-electron chi connectivity index (χ1n) is 6.28. The van der Waals surface area contributed by atoms with Crippen LogP contribution in [0.25, 0.3) is 0 Å². The minimum Gasteiger partial charge on any atom is -0.392 e. The molecular formula is C14H20ClNO. The molecular weight excluding hydrogens is 234 g/mol. The highest BCUT2D eigenvalue weighted by Crippen LogP contribution is 2.39. The summed E-state index contributed by atoms with van der Waals surface area (Å²) in [5.41, 5.74) is 0.990. The Balaban J connectivity index is 2.39. The number of halogens is 1. The van der Waals surface area contributed by atoms with Crippen molar-refractivity contribution in [3.8, 4) is 0 Å². The molecule has 1 saturated carbocycles. The number of aliphatic hydroxyl groups excluding tert-OH is 1. The van der Waals surface area contributed by atoms with Crippen molar-refractivity contribution < 1.29 is 5.11 Å². The van der Waals surface area contributed by atoms with Crippen LogP contribution < -0.4 is 5.32 Å². The van der Waals surface area contributed by atoms with Crippen LogP contribution >= 0.6 is 11.6 Å². The smallest absolute Gasteiger partial charge is 0.0649 e. The van der Waals surface area contributed by atoms with Gasteiger partial charge in [0.05, 0.1) is 6.10 Å². The van der Waals surface area contributed by atoms with E-state index in [2.05, 4.69) is 11.4 Å². The Hall–Kier alpha value is -0.570. The first-order chi connectivity index (χ1) is 8.19. The summed E-state index contributed by atoms with van der Waals surface area (Å²) in [7, 11) is 1.94. The Morgan fingerprint density at radius 2 is 2.29 bits per heavy atom. The molecule has 17 heavy (non-hydrogen) atoms. The minimum absolute atomic E-state index is 0.169. The number of hydrogen-bond acceptors (Lipinski definition) is 2. The number of hydrogen-bond donors (Lipinski definition) is 2. The summed E-state index contributed by atoms with van der Waals surface area (Å²) in [5, 5.41) is 14.4. The number of nitrogens with one attached hydrogen (secondary N) is 1. The van der Waals surface area contributed by atoms with Crippen LogP contribution in [0.15, 0.2) is 24.3 Å². The predicted octanol–water partition coefficient (Wildman–Crippen LogP) is 2.73. The molecule has 1 aliphatic rings. The van der Waals surface area contributed by atoms with Crippen LogP contribution in [0.3, 0.4) is 0 Å². The lowest BCUT2D eigenvalue weighted by molar-refractivity contribution is 0.0424. The average Bonchev–Trinajstić information content (AvgIpc) is 2.32. The number of benzene rings is 1. The standard InChI is InChI=1S/C14H20ClNO/c1-16-10-14(8-3-2-7-13(14)17)11-5-4-6-12(15)9-11/h4-6,9,13,16-17H,2-3,7-8,10H2,1H3/t13-,14+/m1/s1. The van der Waals surface area contributed by atoms with Crippen LogP contribution in [-0.2, 0) is 5.41 Å². The average molecular weight is 254 g/mol. The molecule has 0 spiro atoms. The van der Waals surface area contributed by atoms with Gasteiger partial charge >= 0.3 is 0 Å². The molecule has 1 aromatic rings. The van der Waals surface area contributed by atoms with E-state index in [1.54, 1.807) is 0 Å². The largest absolute Gasteiger partial charge is 0.392 e. The van der Waals surface area contributed by atoms with Gasteiger partial charge in [0, 0.05) is 17.0 Å². The van der Waals surface area contributed by atoms with Gasteiger partial charge in [-0.3, -0.25) is 0 Å². The first kappa shape index (κ1) is 12.9. The molecule has 3 heteroatoms. The second-order valence-corrected chi connectivity index (χ2v) is 5.39. The lowest BCUT2D eigenvalue weighted by Gasteiger charge is -2.42. The summed E-state index contributed by atoms with van der Waals surface area (Å²) < 4.78 is 0. The van der Waals surface area contributed by atoms with Gasteiger partial charge in [0.15, 0.2) is 0 Å².